The molecule has 0 atom stereocenters. The molecule has 0 saturated heterocycles. The van der Waals surface area contributed by atoms with Gasteiger partial charge in [0.25, 0.3) is 5.24 Å². The maximum atomic E-state index is 10.7. The van der Waals surface area contributed by atoms with Crippen molar-refractivity contribution in [3.63, 3.8) is 0 Å². The van der Waals surface area contributed by atoms with Gasteiger partial charge in [0.1, 0.15) is 5.75 Å². The summed E-state index contributed by atoms with van der Waals surface area (Å²) < 4.78 is 5.89. The average molecular weight is 296 g/mol. The third-order valence-electron chi connectivity index (χ3n) is 1.38. The Balaban J connectivity index is 3.10. The van der Waals surface area contributed by atoms with Crippen molar-refractivity contribution >= 4 is 39.4 Å². The van der Waals surface area contributed by atoms with Crippen LogP contribution in [-0.2, 0) is 0 Å². The molecule has 0 fully saturated rings. The van der Waals surface area contributed by atoms with Gasteiger partial charge in [-0.25, -0.2) is 0 Å². The van der Waals surface area contributed by atoms with E-state index in [-0.39, 0.29) is 0 Å². The first-order chi connectivity index (χ1) is 5.65. The van der Waals surface area contributed by atoms with Crippen molar-refractivity contribution in [1.82, 2.24) is 0 Å². The highest BCUT2D eigenvalue weighted by atomic mass is 127. The van der Waals surface area contributed by atoms with Crippen LogP contribution in [0.1, 0.15) is 10.4 Å². The van der Waals surface area contributed by atoms with Crippen LogP contribution in [0, 0.1) is 3.57 Å². The first-order valence-corrected chi connectivity index (χ1v) is 4.64. The van der Waals surface area contributed by atoms with Gasteiger partial charge < -0.3 is 4.74 Å². The summed E-state index contributed by atoms with van der Waals surface area (Å²) in [6.45, 7) is 0. The van der Waals surface area contributed by atoms with E-state index in [0.29, 0.717) is 5.56 Å². The molecule has 2 nitrogen and oxygen atoms in total. The summed E-state index contributed by atoms with van der Waals surface area (Å²) in [4.78, 5) is 10.7. The summed E-state index contributed by atoms with van der Waals surface area (Å²) in [6, 6.07) is 5.04. The number of halogens is 2. The lowest BCUT2D eigenvalue weighted by Gasteiger charge is -2.02. The second kappa shape index (κ2) is 4.09. The van der Waals surface area contributed by atoms with Gasteiger partial charge in [0, 0.05) is 5.56 Å². The smallest absolute Gasteiger partial charge is 0.252 e. The fraction of sp³-hybridized carbons (Fsp3) is 0.125. The first kappa shape index (κ1) is 9.80. The normalized spacial score (nSPS) is 9.58. The maximum Gasteiger partial charge on any atom is 0.252 e. The molecule has 0 amide bonds. The van der Waals surface area contributed by atoms with Crippen LogP contribution in [0.25, 0.3) is 0 Å². The molecule has 4 heteroatoms. The highest BCUT2D eigenvalue weighted by Crippen LogP contribution is 2.22. The molecule has 0 aliphatic carbocycles. The van der Waals surface area contributed by atoms with Crippen LogP contribution in [0.2, 0.25) is 0 Å². The lowest BCUT2D eigenvalue weighted by molar-refractivity contribution is 0.108. The van der Waals surface area contributed by atoms with Crippen LogP contribution in [0.5, 0.6) is 5.75 Å². The van der Waals surface area contributed by atoms with E-state index in [9.17, 15) is 4.79 Å². The molecule has 0 N–H and O–H groups in total. The van der Waals surface area contributed by atoms with Gasteiger partial charge in [-0.1, -0.05) is 0 Å². The number of ether oxygens (including phenoxy) is 1. The summed E-state index contributed by atoms with van der Waals surface area (Å²) in [5, 5.41) is -0.449. The summed E-state index contributed by atoms with van der Waals surface area (Å²) in [6.07, 6.45) is 0. The zero-order valence-electron chi connectivity index (χ0n) is 6.30. The molecular formula is C8H6ClIO2. The molecule has 0 aromatic heterocycles. The minimum Gasteiger partial charge on any atom is -0.496 e. The summed E-state index contributed by atoms with van der Waals surface area (Å²) in [5.74, 6) is 0.747. The number of rotatable bonds is 2. The molecule has 64 valence electrons. The second-order valence-electron chi connectivity index (χ2n) is 2.12. The number of hydrogen-bond donors (Lipinski definition) is 0. The zero-order valence-corrected chi connectivity index (χ0v) is 9.22. The van der Waals surface area contributed by atoms with Crippen molar-refractivity contribution in [2.24, 2.45) is 0 Å². The van der Waals surface area contributed by atoms with Crippen molar-refractivity contribution in [3.05, 3.63) is 27.3 Å². The molecule has 1 rings (SSSR count). The van der Waals surface area contributed by atoms with Crippen LogP contribution in [0.15, 0.2) is 18.2 Å². The SMILES string of the molecule is COc1ccc(C(=O)Cl)cc1I. The van der Waals surface area contributed by atoms with E-state index in [1.807, 2.05) is 0 Å². The van der Waals surface area contributed by atoms with Gasteiger partial charge in [-0.2, -0.15) is 0 Å². The molecule has 1 aromatic rings. The second-order valence-corrected chi connectivity index (χ2v) is 3.63. The molecule has 0 unspecified atom stereocenters. The number of hydrogen-bond acceptors (Lipinski definition) is 2. The van der Waals surface area contributed by atoms with Crippen LogP contribution >= 0.6 is 34.2 Å². The summed E-state index contributed by atoms with van der Waals surface area (Å²) in [7, 11) is 1.58. The van der Waals surface area contributed by atoms with Crippen molar-refractivity contribution in [1.29, 1.82) is 0 Å². The van der Waals surface area contributed by atoms with Crippen molar-refractivity contribution in [2.45, 2.75) is 0 Å². The van der Waals surface area contributed by atoms with Gasteiger partial charge in [-0.15, -0.1) is 0 Å². The minimum atomic E-state index is -0.449. The van der Waals surface area contributed by atoms with Crippen LogP contribution in [-0.4, -0.2) is 12.4 Å². The molecular weight excluding hydrogens is 290 g/mol. The topological polar surface area (TPSA) is 26.3 Å². The predicted octanol–water partition coefficient (Wildman–Crippen LogP) is 2.68. The third-order valence-corrected chi connectivity index (χ3v) is 2.44. The molecule has 0 spiro atoms. The maximum absolute atomic E-state index is 10.7. The predicted molar refractivity (Wildman–Crippen MR) is 55.9 cm³/mol. The fourth-order valence-electron chi connectivity index (χ4n) is 0.789. The van der Waals surface area contributed by atoms with Crippen LogP contribution < -0.4 is 4.74 Å². The van der Waals surface area contributed by atoms with Gasteiger partial charge in [0.2, 0.25) is 0 Å². The number of benzene rings is 1. The Bertz CT molecular complexity index is 312. The fourth-order valence-corrected chi connectivity index (χ4v) is 1.64. The Morgan fingerprint density at radius 2 is 2.25 bits per heavy atom. The Kier molecular flexibility index (Phi) is 3.34. The number of methoxy groups -OCH3 is 1. The average Bonchev–Trinajstić information content (AvgIpc) is 2.04. The summed E-state index contributed by atoms with van der Waals surface area (Å²) in [5.41, 5.74) is 0.488. The Labute approximate surface area is 89.0 Å². The molecule has 0 aliphatic heterocycles. The highest BCUT2D eigenvalue weighted by Gasteiger charge is 2.05. The molecule has 0 saturated carbocycles. The van der Waals surface area contributed by atoms with Gasteiger partial charge >= 0.3 is 0 Å². The van der Waals surface area contributed by atoms with Crippen molar-refractivity contribution < 1.29 is 9.53 Å². The van der Waals surface area contributed by atoms with E-state index in [2.05, 4.69) is 22.6 Å². The minimum absolute atomic E-state index is 0.449. The summed E-state index contributed by atoms with van der Waals surface area (Å²) >= 11 is 7.37. The number of carbonyl (C=O) groups excluding carboxylic acids is 1. The van der Waals surface area contributed by atoms with E-state index < -0.39 is 5.24 Å². The van der Waals surface area contributed by atoms with Crippen LogP contribution in [0.4, 0.5) is 0 Å². The monoisotopic (exact) mass is 296 g/mol. The lowest BCUT2D eigenvalue weighted by Crippen LogP contribution is -1.92. The van der Waals surface area contributed by atoms with Crippen molar-refractivity contribution in [3.8, 4) is 5.75 Å². The van der Waals surface area contributed by atoms with Crippen LogP contribution in [0.3, 0.4) is 0 Å². The van der Waals surface area contributed by atoms with Gasteiger partial charge in [0.15, 0.2) is 0 Å². The Morgan fingerprint density at radius 3 is 2.67 bits per heavy atom. The molecule has 1 aromatic carbocycles. The quantitative estimate of drug-likeness (QED) is 0.619. The highest BCUT2D eigenvalue weighted by molar-refractivity contribution is 14.1. The molecule has 0 bridgehead atoms. The Morgan fingerprint density at radius 1 is 1.58 bits per heavy atom. The lowest BCUT2D eigenvalue weighted by atomic mass is 10.2. The van der Waals surface area contributed by atoms with Gasteiger partial charge in [0.05, 0.1) is 10.7 Å². The van der Waals surface area contributed by atoms with E-state index >= 15 is 0 Å². The first-order valence-electron chi connectivity index (χ1n) is 3.18. The Hall–Kier alpha value is -0.290. The van der Waals surface area contributed by atoms with E-state index in [0.717, 1.165) is 9.32 Å². The molecule has 0 radical (unpaired) electrons. The molecule has 12 heavy (non-hydrogen) atoms. The number of carbonyl (C=O) groups is 1. The largest absolute Gasteiger partial charge is 0.496 e. The van der Waals surface area contributed by atoms with Gasteiger partial charge in [-0.05, 0) is 52.4 Å². The third kappa shape index (κ3) is 2.10. The standard InChI is InChI=1S/C8H6ClIO2/c1-12-7-3-2-5(8(9)11)4-6(7)10/h2-4H,1H3. The van der Waals surface area contributed by atoms with Gasteiger partial charge in [-0.3, -0.25) is 4.79 Å². The molecule has 0 heterocycles. The molecule has 0 aliphatic rings. The van der Waals surface area contributed by atoms with E-state index in [4.69, 9.17) is 16.3 Å². The zero-order chi connectivity index (χ0) is 9.14. The van der Waals surface area contributed by atoms with E-state index in [1.54, 1.807) is 25.3 Å². The van der Waals surface area contributed by atoms with E-state index in [1.165, 1.54) is 0 Å². The van der Waals surface area contributed by atoms with Crippen molar-refractivity contribution in [2.75, 3.05) is 7.11 Å².